The van der Waals surface area contributed by atoms with E-state index in [2.05, 4.69) is 12.2 Å². The van der Waals surface area contributed by atoms with E-state index in [0.717, 1.165) is 17.7 Å². The minimum Gasteiger partial charge on any atom is -0.492 e. The Morgan fingerprint density at radius 1 is 1.44 bits per heavy atom. The summed E-state index contributed by atoms with van der Waals surface area (Å²) in [6.07, 6.45) is 0.974. The highest BCUT2D eigenvalue weighted by Crippen LogP contribution is 2.27. The van der Waals surface area contributed by atoms with E-state index in [9.17, 15) is 4.79 Å². The van der Waals surface area contributed by atoms with Gasteiger partial charge in [0.1, 0.15) is 5.75 Å². The van der Waals surface area contributed by atoms with Crippen molar-refractivity contribution in [3.05, 3.63) is 29.8 Å². The van der Waals surface area contributed by atoms with Crippen molar-refractivity contribution < 1.29 is 9.53 Å². The number of carbonyl (C=O) groups excluding carboxylic acids is 1. The average Bonchev–Trinajstić information content (AvgIpc) is 2.38. The molecule has 2 unspecified atom stereocenters. The molecule has 0 aromatic heterocycles. The van der Waals surface area contributed by atoms with Crippen LogP contribution in [0.4, 0.5) is 0 Å². The van der Waals surface area contributed by atoms with Gasteiger partial charge in [0, 0.05) is 11.6 Å². The van der Waals surface area contributed by atoms with Gasteiger partial charge in [-0.1, -0.05) is 32.0 Å². The molecule has 0 aliphatic carbocycles. The molecule has 100 valence electrons. The summed E-state index contributed by atoms with van der Waals surface area (Å²) in [6.45, 7) is 4.19. The van der Waals surface area contributed by atoms with Gasteiger partial charge in [0.2, 0.25) is 5.91 Å². The van der Waals surface area contributed by atoms with Crippen LogP contribution in [0.5, 0.6) is 5.75 Å². The molecule has 1 rings (SSSR count). The summed E-state index contributed by atoms with van der Waals surface area (Å²) in [6, 6.07) is 8.12. The number of ether oxygens (including phenoxy) is 1. The van der Waals surface area contributed by atoms with Crippen molar-refractivity contribution in [1.29, 1.82) is 0 Å². The van der Waals surface area contributed by atoms with Crippen LogP contribution in [0.25, 0.3) is 0 Å². The Hall–Kier alpha value is -1.55. The summed E-state index contributed by atoms with van der Waals surface area (Å²) < 4.78 is 5.70. The van der Waals surface area contributed by atoms with Gasteiger partial charge in [0.25, 0.3) is 0 Å². The molecule has 0 radical (unpaired) electrons. The van der Waals surface area contributed by atoms with Crippen molar-refractivity contribution in [2.45, 2.75) is 26.3 Å². The van der Waals surface area contributed by atoms with Gasteiger partial charge in [0.15, 0.2) is 0 Å². The van der Waals surface area contributed by atoms with E-state index in [1.807, 2.05) is 31.3 Å². The fourth-order valence-electron chi connectivity index (χ4n) is 1.78. The number of rotatable bonds is 7. The maximum Gasteiger partial charge on any atom is 0.223 e. The fourth-order valence-corrected chi connectivity index (χ4v) is 1.78. The summed E-state index contributed by atoms with van der Waals surface area (Å²) in [5.74, 6) is 0.188. The van der Waals surface area contributed by atoms with Crippen LogP contribution < -0.4 is 15.8 Å². The maximum atomic E-state index is 11.0. The molecule has 4 nitrogen and oxygen atoms in total. The first-order chi connectivity index (χ1) is 8.60. The zero-order chi connectivity index (χ0) is 13.5. The van der Waals surface area contributed by atoms with Crippen LogP contribution in [-0.4, -0.2) is 19.6 Å². The second-order valence-electron chi connectivity index (χ2n) is 4.40. The highest BCUT2D eigenvalue weighted by Gasteiger charge is 2.14. The van der Waals surface area contributed by atoms with Gasteiger partial charge in [-0.15, -0.1) is 0 Å². The standard InChI is InChI=1S/C14H22N2O2/c1-4-12(16-3)11-7-5-6-8-13(11)18-9-10(2)14(15)17/h5-8,10,12,16H,4,9H2,1-3H3,(H2,15,17). The molecule has 3 N–H and O–H groups in total. The molecule has 4 heteroatoms. The first kappa shape index (κ1) is 14.5. The van der Waals surface area contributed by atoms with Gasteiger partial charge in [-0.3, -0.25) is 4.79 Å². The van der Waals surface area contributed by atoms with E-state index in [4.69, 9.17) is 10.5 Å². The molecule has 1 aromatic rings. The minimum atomic E-state index is -0.340. The third kappa shape index (κ3) is 3.74. The van der Waals surface area contributed by atoms with Crippen LogP contribution in [-0.2, 0) is 4.79 Å². The topological polar surface area (TPSA) is 64.3 Å². The SMILES string of the molecule is CCC(NC)c1ccccc1OCC(C)C(N)=O. The second kappa shape index (κ2) is 7.01. The third-order valence-corrected chi connectivity index (χ3v) is 3.03. The maximum absolute atomic E-state index is 11.0. The summed E-state index contributed by atoms with van der Waals surface area (Å²) in [7, 11) is 1.93. The highest BCUT2D eigenvalue weighted by atomic mass is 16.5. The normalized spacial score (nSPS) is 13.9. The summed E-state index contributed by atoms with van der Waals surface area (Å²) in [5, 5.41) is 3.25. The fraction of sp³-hybridized carbons (Fsp3) is 0.500. The first-order valence-electron chi connectivity index (χ1n) is 6.28. The monoisotopic (exact) mass is 250 g/mol. The Kier molecular flexibility index (Phi) is 5.65. The predicted molar refractivity (Wildman–Crippen MR) is 72.4 cm³/mol. The Bertz CT molecular complexity index is 389. The van der Waals surface area contributed by atoms with Crippen LogP contribution in [0.1, 0.15) is 31.9 Å². The van der Waals surface area contributed by atoms with Gasteiger partial charge in [-0.25, -0.2) is 0 Å². The van der Waals surface area contributed by atoms with Crippen LogP contribution >= 0.6 is 0 Å². The van der Waals surface area contributed by atoms with E-state index >= 15 is 0 Å². The van der Waals surface area contributed by atoms with Crippen LogP contribution in [0.3, 0.4) is 0 Å². The number of primary amides is 1. The number of nitrogens with one attached hydrogen (secondary N) is 1. The van der Waals surface area contributed by atoms with Gasteiger partial charge in [0.05, 0.1) is 12.5 Å². The molecule has 18 heavy (non-hydrogen) atoms. The van der Waals surface area contributed by atoms with Gasteiger partial charge in [-0.2, -0.15) is 0 Å². The molecule has 2 atom stereocenters. The number of hydrogen-bond donors (Lipinski definition) is 2. The molecule has 0 saturated heterocycles. The van der Waals surface area contributed by atoms with Gasteiger partial charge in [-0.05, 0) is 19.5 Å². The van der Waals surface area contributed by atoms with E-state index in [-0.39, 0.29) is 17.9 Å². The van der Waals surface area contributed by atoms with Crippen molar-refractivity contribution in [2.24, 2.45) is 11.7 Å². The molecule has 1 aromatic carbocycles. The quantitative estimate of drug-likeness (QED) is 0.776. The number of hydrogen-bond acceptors (Lipinski definition) is 3. The van der Waals surface area contributed by atoms with Crippen molar-refractivity contribution in [3.8, 4) is 5.75 Å². The molecule has 0 fully saturated rings. The molecule has 0 bridgehead atoms. The first-order valence-corrected chi connectivity index (χ1v) is 6.28. The lowest BCUT2D eigenvalue weighted by Gasteiger charge is -2.19. The Morgan fingerprint density at radius 3 is 2.67 bits per heavy atom. The second-order valence-corrected chi connectivity index (χ2v) is 4.40. The van der Waals surface area contributed by atoms with Gasteiger partial charge < -0.3 is 15.8 Å². The number of nitrogens with two attached hydrogens (primary N) is 1. The molecule has 0 saturated carbocycles. The molecular formula is C14H22N2O2. The van der Waals surface area contributed by atoms with Crippen molar-refractivity contribution >= 4 is 5.91 Å². The number of para-hydroxylation sites is 1. The zero-order valence-electron chi connectivity index (χ0n) is 11.3. The number of carbonyl (C=O) groups is 1. The third-order valence-electron chi connectivity index (χ3n) is 3.03. The van der Waals surface area contributed by atoms with Gasteiger partial charge >= 0.3 is 0 Å². The molecule has 0 heterocycles. The van der Waals surface area contributed by atoms with E-state index in [1.54, 1.807) is 6.92 Å². The van der Waals surface area contributed by atoms with E-state index < -0.39 is 0 Å². The Labute approximate surface area is 109 Å². The Balaban J connectivity index is 2.79. The van der Waals surface area contributed by atoms with Crippen molar-refractivity contribution in [1.82, 2.24) is 5.32 Å². The zero-order valence-corrected chi connectivity index (χ0v) is 11.3. The van der Waals surface area contributed by atoms with Crippen molar-refractivity contribution in [3.63, 3.8) is 0 Å². The average molecular weight is 250 g/mol. The Morgan fingerprint density at radius 2 is 2.11 bits per heavy atom. The largest absolute Gasteiger partial charge is 0.492 e. The minimum absolute atomic E-state index is 0.255. The smallest absolute Gasteiger partial charge is 0.223 e. The summed E-state index contributed by atoms with van der Waals surface area (Å²) in [5.41, 5.74) is 6.33. The van der Waals surface area contributed by atoms with E-state index in [1.165, 1.54) is 0 Å². The molecule has 0 aliphatic heterocycles. The van der Waals surface area contributed by atoms with Crippen LogP contribution in [0, 0.1) is 5.92 Å². The number of benzene rings is 1. The van der Waals surface area contributed by atoms with Crippen molar-refractivity contribution in [2.75, 3.05) is 13.7 Å². The predicted octanol–water partition coefficient (Wildman–Crippen LogP) is 1.86. The molecule has 0 spiro atoms. The number of amides is 1. The van der Waals surface area contributed by atoms with Crippen LogP contribution in [0.15, 0.2) is 24.3 Å². The lowest BCUT2D eigenvalue weighted by molar-refractivity contribution is -0.122. The lowest BCUT2D eigenvalue weighted by Crippen LogP contribution is -2.26. The highest BCUT2D eigenvalue weighted by molar-refractivity contribution is 5.76. The molecular weight excluding hydrogens is 228 g/mol. The lowest BCUT2D eigenvalue weighted by atomic mass is 10.0. The molecule has 0 aliphatic rings. The molecule has 1 amide bonds. The van der Waals surface area contributed by atoms with E-state index in [0.29, 0.717) is 6.61 Å². The summed E-state index contributed by atoms with van der Waals surface area (Å²) in [4.78, 5) is 11.0. The summed E-state index contributed by atoms with van der Waals surface area (Å²) >= 11 is 0. The van der Waals surface area contributed by atoms with Crippen LogP contribution in [0.2, 0.25) is 0 Å².